The maximum Gasteiger partial charge on any atom is 0.237 e. The SMILES string of the molecule is COc1nccnc1C(NN)C1CCc2ccccc21. The lowest BCUT2D eigenvalue weighted by Crippen LogP contribution is -2.33. The smallest absolute Gasteiger partial charge is 0.237 e. The number of hydrogen-bond donors (Lipinski definition) is 2. The molecule has 0 amide bonds. The van der Waals surface area contributed by atoms with Gasteiger partial charge in [0.25, 0.3) is 0 Å². The van der Waals surface area contributed by atoms with E-state index in [9.17, 15) is 0 Å². The summed E-state index contributed by atoms with van der Waals surface area (Å²) in [5, 5.41) is 0. The van der Waals surface area contributed by atoms with Crippen LogP contribution in [0.15, 0.2) is 36.7 Å². The average molecular weight is 270 g/mol. The van der Waals surface area contributed by atoms with Gasteiger partial charge in [-0.2, -0.15) is 0 Å². The number of fused-ring (bicyclic) bond motifs is 1. The highest BCUT2D eigenvalue weighted by Gasteiger charge is 2.32. The standard InChI is InChI=1S/C15H18N4O/c1-20-15-14(17-8-9-18-15)13(19-16)12-7-6-10-4-2-3-5-11(10)12/h2-5,8-9,12-13,19H,6-7,16H2,1H3. The third-order valence-electron chi connectivity index (χ3n) is 3.94. The number of ether oxygens (including phenoxy) is 1. The average Bonchev–Trinajstić information content (AvgIpc) is 2.93. The molecule has 3 rings (SSSR count). The van der Waals surface area contributed by atoms with E-state index in [0.29, 0.717) is 11.8 Å². The van der Waals surface area contributed by atoms with Crippen LogP contribution in [0, 0.1) is 0 Å². The van der Waals surface area contributed by atoms with Crippen molar-refractivity contribution >= 4 is 0 Å². The van der Waals surface area contributed by atoms with Gasteiger partial charge in [0, 0.05) is 18.3 Å². The van der Waals surface area contributed by atoms with Crippen molar-refractivity contribution in [2.24, 2.45) is 5.84 Å². The molecule has 1 aliphatic carbocycles. The van der Waals surface area contributed by atoms with Gasteiger partial charge in [0.1, 0.15) is 5.69 Å². The Hall–Kier alpha value is -1.98. The Morgan fingerprint density at radius 3 is 2.90 bits per heavy atom. The molecule has 0 fully saturated rings. The molecule has 2 aromatic rings. The summed E-state index contributed by atoms with van der Waals surface area (Å²) < 4.78 is 5.31. The van der Waals surface area contributed by atoms with Gasteiger partial charge in [0.05, 0.1) is 13.2 Å². The molecule has 0 saturated carbocycles. The van der Waals surface area contributed by atoms with Crippen LogP contribution in [0.2, 0.25) is 0 Å². The van der Waals surface area contributed by atoms with Crippen molar-refractivity contribution in [3.63, 3.8) is 0 Å². The molecule has 20 heavy (non-hydrogen) atoms. The Kier molecular flexibility index (Phi) is 3.62. The number of methoxy groups -OCH3 is 1. The summed E-state index contributed by atoms with van der Waals surface area (Å²) in [6, 6.07) is 8.40. The Balaban J connectivity index is 1.99. The Morgan fingerprint density at radius 1 is 1.30 bits per heavy atom. The van der Waals surface area contributed by atoms with Crippen LogP contribution >= 0.6 is 0 Å². The summed E-state index contributed by atoms with van der Waals surface area (Å²) in [4.78, 5) is 8.62. The molecule has 1 aromatic carbocycles. The summed E-state index contributed by atoms with van der Waals surface area (Å²) in [6.45, 7) is 0. The molecule has 0 spiro atoms. The lowest BCUT2D eigenvalue weighted by molar-refractivity contribution is 0.364. The molecule has 0 saturated heterocycles. The highest BCUT2D eigenvalue weighted by molar-refractivity contribution is 5.38. The number of nitrogens with two attached hydrogens (primary N) is 1. The number of nitrogens with one attached hydrogen (secondary N) is 1. The number of aromatic nitrogens is 2. The van der Waals surface area contributed by atoms with E-state index in [-0.39, 0.29) is 6.04 Å². The van der Waals surface area contributed by atoms with Crippen LogP contribution in [-0.4, -0.2) is 17.1 Å². The predicted octanol–water partition coefficient (Wildman–Crippen LogP) is 1.72. The van der Waals surface area contributed by atoms with E-state index in [1.807, 2.05) is 0 Å². The fourth-order valence-electron chi connectivity index (χ4n) is 3.03. The molecule has 0 aliphatic heterocycles. The molecule has 1 aromatic heterocycles. The maximum absolute atomic E-state index is 5.79. The fourth-order valence-corrected chi connectivity index (χ4v) is 3.03. The van der Waals surface area contributed by atoms with Crippen molar-refractivity contribution in [3.8, 4) is 5.88 Å². The zero-order valence-corrected chi connectivity index (χ0v) is 11.4. The minimum atomic E-state index is -0.0951. The third-order valence-corrected chi connectivity index (χ3v) is 3.94. The van der Waals surface area contributed by atoms with Crippen LogP contribution in [0.3, 0.4) is 0 Å². The molecule has 104 valence electrons. The molecule has 1 aliphatic rings. The molecule has 5 heteroatoms. The van der Waals surface area contributed by atoms with Crippen molar-refractivity contribution in [2.75, 3.05) is 7.11 Å². The Morgan fingerprint density at radius 2 is 2.10 bits per heavy atom. The van der Waals surface area contributed by atoms with Gasteiger partial charge >= 0.3 is 0 Å². The second-order valence-corrected chi connectivity index (χ2v) is 4.94. The van der Waals surface area contributed by atoms with Crippen molar-refractivity contribution in [1.29, 1.82) is 0 Å². The van der Waals surface area contributed by atoms with Gasteiger partial charge in [-0.05, 0) is 24.0 Å². The fraction of sp³-hybridized carbons (Fsp3) is 0.333. The van der Waals surface area contributed by atoms with Gasteiger partial charge in [0.15, 0.2) is 0 Å². The van der Waals surface area contributed by atoms with Gasteiger partial charge in [-0.3, -0.25) is 16.3 Å². The number of nitrogens with zero attached hydrogens (tertiary/aromatic N) is 2. The van der Waals surface area contributed by atoms with Crippen LogP contribution in [-0.2, 0) is 6.42 Å². The lowest BCUT2D eigenvalue weighted by atomic mass is 9.91. The maximum atomic E-state index is 5.79. The molecule has 2 atom stereocenters. The number of hydrazine groups is 1. The van der Waals surface area contributed by atoms with Crippen LogP contribution in [0.5, 0.6) is 5.88 Å². The van der Waals surface area contributed by atoms with E-state index < -0.39 is 0 Å². The first kappa shape index (κ1) is 13.0. The van der Waals surface area contributed by atoms with Crippen LogP contribution in [0.25, 0.3) is 0 Å². The largest absolute Gasteiger partial charge is 0.480 e. The highest BCUT2D eigenvalue weighted by Crippen LogP contribution is 2.42. The minimum absolute atomic E-state index is 0.0951. The molecular weight excluding hydrogens is 252 g/mol. The highest BCUT2D eigenvalue weighted by atomic mass is 16.5. The van der Waals surface area contributed by atoms with Crippen LogP contribution in [0.4, 0.5) is 0 Å². The first-order valence-electron chi connectivity index (χ1n) is 6.74. The minimum Gasteiger partial charge on any atom is -0.480 e. The molecule has 2 unspecified atom stereocenters. The Labute approximate surface area is 118 Å². The molecule has 3 N–H and O–H groups in total. The Bertz CT molecular complexity index is 602. The quantitative estimate of drug-likeness (QED) is 0.653. The normalized spacial score (nSPS) is 18.6. The number of hydrogen-bond acceptors (Lipinski definition) is 5. The summed E-state index contributed by atoms with van der Waals surface area (Å²) in [5.74, 6) is 6.61. The number of rotatable bonds is 4. The van der Waals surface area contributed by atoms with Crippen molar-refractivity contribution in [3.05, 3.63) is 53.5 Å². The van der Waals surface area contributed by atoms with E-state index in [0.717, 1.165) is 18.5 Å². The van der Waals surface area contributed by atoms with Crippen molar-refractivity contribution < 1.29 is 4.74 Å². The van der Waals surface area contributed by atoms with Gasteiger partial charge < -0.3 is 4.74 Å². The van der Waals surface area contributed by atoms with Crippen LogP contribution in [0.1, 0.15) is 35.2 Å². The van der Waals surface area contributed by atoms with E-state index in [2.05, 4.69) is 39.7 Å². The summed E-state index contributed by atoms with van der Waals surface area (Å²) in [7, 11) is 1.60. The van der Waals surface area contributed by atoms with E-state index >= 15 is 0 Å². The van der Waals surface area contributed by atoms with E-state index in [1.165, 1.54) is 11.1 Å². The van der Waals surface area contributed by atoms with Gasteiger partial charge in [-0.15, -0.1) is 0 Å². The summed E-state index contributed by atoms with van der Waals surface area (Å²) in [5.41, 5.74) is 6.38. The second kappa shape index (κ2) is 5.56. The monoisotopic (exact) mass is 270 g/mol. The zero-order valence-electron chi connectivity index (χ0n) is 11.4. The lowest BCUT2D eigenvalue weighted by Gasteiger charge is -2.24. The molecule has 5 nitrogen and oxygen atoms in total. The summed E-state index contributed by atoms with van der Waals surface area (Å²) >= 11 is 0. The number of benzene rings is 1. The van der Waals surface area contributed by atoms with Gasteiger partial charge in [-0.1, -0.05) is 24.3 Å². The molecule has 0 bridgehead atoms. The summed E-state index contributed by atoms with van der Waals surface area (Å²) in [6.07, 6.45) is 5.41. The first-order valence-corrected chi connectivity index (χ1v) is 6.74. The molecular formula is C15H18N4O. The molecule has 0 radical (unpaired) electrons. The molecule has 1 heterocycles. The van der Waals surface area contributed by atoms with E-state index in [1.54, 1.807) is 19.5 Å². The number of aryl methyl sites for hydroxylation is 1. The van der Waals surface area contributed by atoms with Gasteiger partial charge in [0.2, 0.25) is 5.88 Å². The van der Waals surface area contributed by atoms with Crippen LogP contribution < -0.4 is 16.0 Å². The predicted molar refractivity (Wildman–Crippen MR) is 76.2 cm³/mol. The van der Waals surface area contributed by atoms with Crippen molar-refractivity contribution in [1.82, 2.24) is 15.4 Å². The topological polar surface area (TPSA) is 73.1 Å². The van der Waals surface area contributed by atoms with E-state index in [4.69, 9.17) is 10.6 Å². The second-order valence-electron chi connectivity index (χ2n) is 4.94. The third kappa shape index (κ3) is 2.15. The zero-order chi connectivity index (χ0) is 13.9. The first-order chi connectivity index (χ1) is 9.85. The van der Waals surface area contributed by atoms with Crippen molar-refractivity contribution in [2.45, 2.75) is 24.8 Å². The van der Waals surface area contributed by atoms with Gasteiger partial charge in [-0.25, -0.2) is 4.98 Å².